The Hall–Kier alpha value is -4.31. The first kappa shape index (κ1) is 34.5. The van der Waals surface area contributed by atoms with E-state index in [2.05, 4.69) is 58.2 Å². The van der Waals surface area contributed by atoms with E-state index >= 15 is 0 Å². The lowest BCUT2D eigenvalue weighted by molar-refractivity contribution is -0.211. The van der Waals surface area contributed by atoms with Gasteiger partial charge in [-0.25, -0.2) is 9.78 Å². The number of aromatic nitrogens is 4. The van der Waals surface area contributed by atoms with Gasteiger partial charge in [-0.15, -0.1) is 0 Å². The van der Waals surface area contributed by atoms with Gasteiger partial charge in [0.05, 0.1) is 12.9 Å². The molecule has 2 aromatic carbocycles. The van der Waals surface area contributed by atoms with Gasteiger partial charge in [-0.1, -0.05) is 74.5 Å². The van der Waals surface area contributed by atoms with Crippen LogP contribution >= 0.6 is 0 Å². The van der Waals surface area contributed by atoms with E-state index < -0.39 is 43.3 Å². The van der Waals surface area contributed by atoms with Crippen LogP contribution in [0.3, 0.4) is 0 Å². The summed E-state index contributed by atoms with van der Waals surface area (Å²) in [5, 5.41) is 24.0. The summed E-state index contributed by atoms with van der Waals surface area (Å²) in [5.74, 6) is -1.79. The number of anilines is 2. The number of rotatable bonds is 12. The number of nitrogens with zero attached hydrogens (tertiary/aromatic N) is 6. The quantitative estimate of drug-likeness (QED) is 0.189. The molecule has 49 heavy (non-hydrogen) atoms. The number of halogens is 3. The van der Waals surface area contributed by atoms with Crippen LogP contribution in [0.5, 0.6) is 0 Å². The Kier molecular flexibility index (Phi) is 10.3. The molecule has 0 saturated carbocycles. The zero-order chi connectivity index (χ0) is 34.7. The van der Waals surface area contributed by atoms with Crippen molar-refractivity contribution in [2.75, 3.05) is 49.5 Å². The summed E-state index contributed by atoms with van der Waals surface area (Å²) in [6, 6.07) is 20.3. The third-order valence-electron chi connectivity index (χ3n) is 9.30. The van der Waals surface area contributed by atoms with Crippen LogP contribution in [0.1, 0.15) is 43.5 Å². The molecule has 12 nitrogen and oxygen atoms in total. The summed E-state index contributed by atoms with van der Waals surface area (Å²) in [6.07, 6.45) is -9.46. The molecule has 6 rings (SSSR count). The zero-order valence-electron chi connectivity index (χ0n) is 27.2. The molecule has 3 N–H and O–H groups in total. The fourth-order valence-electron chi connectivity index (χ4n) is 6.73. The maximum absolute atomic E-state index is 13.2. The second kappa shape index (κ2) is 14.7. The largest absolute Gasteiger partial charge is 0.490 e. The molecule has 5 unspecified atom stereocenters. The van der Waals surface area contributed by atoms with Crippen LogP contribution in [-0.2, 0) is 14.3 Å². The lowest BCUT2D eigenvalue weighted by atomic mass is 9.91. The van der Waals surface area contributed by atoms with E-state index in [1.807, 2.05) is 36.4 Å². The fourth-order valence-corrected chi connectivity index (χ4v) is 6.73. The van der Waals surface area contributed by atoms with Crippen molar-refractivity contribution in [1.29, 1.82) is 0 Å². The number of carbonyl (C=O) groups is 1. The minimum Gasteiger partial charge on any atom is -0.448 e. The molecule has 0 amide bonds. The highest BCUT2D eigenvalue weighted by atomic mass is 19.4. The number of imidazole rings is 1. The van der Waals surface area contributed by atoms with Crippen molar-refractivity contribution in [2.24, 2.45) is 0 Å². The second-order valence-electron chi connectivity index (χ2n) is 12.2. The van der Waals surface area contributed by atoms with Crippen LogP contribution in [0, 0.1) is 0 Å². The van der Waals surface area contributed by atoms with Gasteiger partial charge in [0.15, 0.2) is 29.3 Å². The van der Waals surface area contributed by atoms with Crippen molar-refractivity contribution in [3.63, 3.8) is 0 Å². The molecule has 0 bridgehead atoms. The first-order chi connectivity index (χ1) is 23.6. The van der Waals surface area contributed by atoms with E-state index in [4.69, 9.17) is 19.4 Å². The van der Waals surface area contributed by atoms with Gasteiger partial charge < -0.3 is 29.9 Å². The molecule has 2 aromatic heterocycles. The topological polar surface area (TPSA) is 138 Å². The average molecular weight is 684 g/mol. The number of carbonyl (C=O) groups excluding carboxylic acids is 1. The van der Waals surface area contributed by atoms with Gasteiger partial charge in [-0.05, 0) is 30.6 Å². The summed E-state index contributed by atoms with van der Waals surface area (Å²) in [4.78, 5) is 30.6. The van der Waals surface area contributed by atoms with Crippen molar-refractivity contribution in [3.8, 4) is 0 Å². The molecule has 262 valence electrons. The molecule has 2 aliphatic rings. The first-order valence-electron chi connectivity index (χ1n) is 16.4. The number of aliphatic hydroxyl groups is 2. The van der Waals surface area contributed by atoms with E-state index in [1.165, 1.54) is 10.9 Å². The number of hydrogen-bond acceptors (Lipinski definition) is 11. The number of aliphatic hydroxyl groups excluding tert-OH is 2. The molecule has 0 aliphatic carbocycles. The summed E-state index contributed by atoms with van der Waals surface area (Å²) >= 11 is 0. The molecule has 4 heterocycles. The lowest BCUT2D eigenvalue weighted by Gasteiger charge is -2.26. The minimum absolute atomic E-state index is 0.0680. The summed E-state index contributed by atoms with van der Waals surface area (Å²) in [5.41, 5.74) is 2.65. The lowest BCUT2D eigenvalue weighted by Crippen LogP contribution is -2.40. The number of hydrogen-bond donors (Lipinski definition) is 3. The normalized spacial score (nSPS) is 22.8. The SMILES string of the molecule is CCN(CC)C1CCN(c2nc(NCC(c3ccccc3)c3ccccc3)c3ncn(C4OC(CO)C(O)C4OC(=O)C(F)(F)F)c3n2)C1. The van der Waals surface area contributed by atoms with Crippen LogP contribution in [0.2, 0.25) is 0 Å². The van der Waals surface area contributed by atoms with Gasteiger partial charge in [-0.2, -0.15) is 23.1 Å². The Balaban J connectivity index is 1.40. The van der Waals surface area contributed by atoms with Crippen molar-refractivity contribution < 1.29 is 37.7 Å². The molecule has 2 fully saturated rings. The third kappa shape index (κ3) is 7.20. The van der Waals surface area contributed by atoms with E-state index in [0.717, 1.165) is 30.6 Å². The van der Waals surface area contributed by atoms with Crippen LogP contribution in [0.15, 0.2) is 67.0 Å². The highest BCUT2D eigenvalue weighted by Crippen LogP contribution is 2.37. The van der Waals surface area contributed by atoms with Gasteiger partial charge in [-0.3, -0.25) is 9.47 Å². The Morgan fingerprint density at radius 2 is 1.73 bits per heavy atom. The first-order valence-corrected chi connectivity index (χ1v) is 16.4. The molecule has 0 radical (unpaired) electrons. The standard InChI is InChI=1S/C34H40F3N7O5/c1-3-42(4-2)23-15-16-43(18-23)33-40-29(38-17-24(21-11-7-5-8-12-21)22-13-9-6-10-14-22)26-30(41-33)44(20-39-26)31-28(27(46)25(19-45)48-31)49-32(47)34(35,36)37/h5-14,20,23-25,27-28,31,45-46H,3-4,15-19H2,1-2H3,(H,38,40,41). The highest BCUT2D eigenvalue weighted by Gasteiger charge is 2.51. The molecule has 2 aliphatic heterocycles. The van der Waals surface area contributed by atoms with Gasteiger partial charge >= 0.3 is 12.1 Å². The van der Waals surface area contributed by atoms with Gasteiger partial charge in [0.25, 0.3) is 0 Å². The predicted molar refractivity (Wildman–Crippen MR) is 175 cm³/mol. The number of alkyl halides is 3. The fraction of sp³-hybridized carbons (Fsp3) is 0.471. The van der Waals surface area contributed by atoms with Crippen molar-refractivity contribution in [2.45, 2.75) is 62.9 Å². The smallest absolute Gasteiger partial charge is 0.448 e. The Labute approximate surface area is 281 Å². The van der Waals surface area contributed by atoms with Crippen LogP contribution < -0.4 is 10.2 Å². The van der Waals surface area contributed by atoms with Crippen LogP contribution in [-0.4, -0.2) is 110 Å². The van der Waals surface area contributed by atoms with E-state index in [0.29, 0.717) is 36.9 Å². The van der Waals surface area contributed by atoms with E-state index in [-0.39, 0.29) is 17.6 Å². The van der Waals surface area contributed by atoms with Gasteiger partial charge in [0, 0.05) is 31.6 Å². The summed E-state index contributed by atoms with van der Waals surface area (Å²) < 4.78 is 51.6. The van der Waals surface area contributed by atoms with E-state index in [1.54, 1.807) is 0 Å². The van der Waals surface area contributed by atoms with Crippen molar-refractivity contribution in [3.05, 3.63) is 78.1 Å². The number of likely N-dealkylation sites (N-methyl/N-ethyl adjacent to an activating group) is 1. The second-order valence-corrected chi connectivity index (χ2v) is 12.2. The Morgan fingerprint density at radius 3 is 2.33 bits per heavy atom. The predicted octanol–water partition coefficient (Wildman–Crippen LogP) is 3.72. The maximum Gasteiger partial charge on any atom is 0.490 e. The van der Waals surface area contributed by atoms with Crippen molar-refractivity contribution >= 4 is 28.9 Å². The van der Waals surface area contributed by atoms with Gasteiger partial charge in [0.1, 0.15) is 12.2 Å². The van der Waals surface area contributed by atoms with Crippen LogP contribution in [0.25, 0.3) is 11.2 Å². The zero-order valence-corrected chi connectivity index (χ0v) is 27.2. The Morgan fingerprint density at radius 1 is 1.08 bits per heavy atom. The maximum atomic E-state index is 13.2. The summed E-state index contributed by atoms with van der Waals surface area (Å²) in [6.45, 7) is 7.04. The molecule has 4 aromatic rings. The van der Waals surface area contributed by atoms with Crippen LogP contribution in [0.4, 0.5) is 24.9 Å². The average Bonchev–Trinajstić information content (AvgIpc) is 3.84. The number of ether oxygens (including phenoxy) is 2. The molecule has 2 saturated heterocycles. The molecular weight excluding hydrogens is 643 g/mol. The molecular formula is C34H40F3N7O5. The molecule has 5 atom stereocenters. The third-order valence-corrected chi connectivity index (χ3v) is 9.30. The number of fused-ring (bicyclic) bond motifs is 1. The highest BCUT2D eigenvalue weighted by molar-refractivity contribution is 5.84. The van der Waals surface area contributed by atoms with Crippen molar-refractivity contribution in [1.82, 2.24) is 24.4 Å². The summed E-state index contributed by atoms with van der Waals surface area (Å²) in [7, 11) is 0. The number of nitrogens with one attached hydrogen (secondary N) is 1. The van der Waals surface area contributed by atoms with Gasteiger partial charge in [0.2, 0.25) is 5.95 Å². The number of benzene rings is 2. The van der Waals surface area contributed by atoms with E-state index in [9.17, 15) is 28.2 Å². The minimum atomic E-state index is -5.31. The molecule has 0 spiro atoms. The Bertz CT molecular complexity index is 1670. The molecule has 15 heteroatoms. The number of esters is 1. The monoisotopic (exact) mass is 683 g/mol.